The fourth-order valence-corrected chi connectivity index (χ4v) is 3.15. The molecule has 6 nitrogen and oxygen atoms in total. The molecular weight excluding hydrogens is 330 g/mol. The smallest absolute Gasteiger partial charge is 0.294 e. The molecule has 3 rings (SSSR count). The lowest BCUT2D eigenvalue weighted by atomic mass is 10.1. The average molecular weight is 346 g/mol. The molecule has 0 saturated carbocycles. The lowest BCUT2D eigenvalue weighted by Crippen LogP contribution is -2.49. The minimum atomic E-state index is -0.428. The summed E-state index contributed by atoms with van der Waals surface area (Å²) in [7, 11) is 0. The maximum Gasteiger partial charge on any atom is 0.294 e. The van der Waals surface area contributed by atoms with Crippen LogP contribution in [0.1, 0.15) is 10.4 Å². The third kappa shape index (κ3) is 3.19. The summed E-state index contributed by atoms with van der Waals surface area (Å²) in [5.41, 5.74) is 1.07. The third-order valence-electron chi connectivity index (χ3n) is 4.07. The van der Waals surface area contributed by atoms with Gasteiger partial charge in [-0.25, -0.2) is 0 Å². The maximum atomic E-state index is 12.5. The van der Waals surface area contributed by atoms with Gasteiger partial charge in [-0.2, -0.15) is 0 Å². The van der Waals surface area contributed by atoms with Gasteiger partial charge < -0.3 is 9.80 Å². The monoisotopic (exact) mass is 345 g/mol. The predicted octanol–water partition coefficient (Wildman–Crippen LogP) is 3.21. The molecule has 7 heteroatoms. The summed E-state index contributed by atoms with van der Waals surface area (Å²) in [6.45, 7) is 2.00. The molecule has 1 amide bonds. The minimum Gasteiger partial charge on any atom is -0.361 e. The van der Waals surface area contributed by atoms with Gasteiger partial charge in [0.1, 0.15) is 5.69 Å². The van der Waals surface area contributed by atoms with Crippen molar-refractivity contribution in [2.75, 3.05) is 31.1 Å². The average Bonchev–Trinajstić information content (AvgIpc) is 2.62. The van der Waals surface area contributed by atoms with Gasteiger partial charge in [0.25, 0.3) is 11.6 Å². The van der Waals surface area contributed by atoms with Gasteiger partial charge in [-0.05, 0) is 18.2 Å². The number of amides is 1. The number of piperazine rings is 1. The van der Waals surface area contributed by atoms with E-state index in [1.165, 1.54) is 6.07 Å². The van der Waals surface area contributed by atoms with E-state index in [2.05, 4.69) is 0 Å². The highest BCUT2D eigenvalue weighted by Crippen LogP contribution is 2.35. The summed E-state index contributed by atoms with van der Waals surface area (Å²) in [6, 6.07) is 13.8. The molecule has 0 spiro atoms. The van der Waals surface area contributed by atoms with Crippen molar-refractivity contribution in [1.29, 1.82) is 0 Å². The number of para-hydroxylation sites is 1. The quantitative estimate of drug-likeness (QED) is 0.633. The van der Waals surface area contributed by atoms with Crippen LogP contribution in [0.15, 0.2) is 48.5 Å². The summed E-state index contributed by atoms with van der Waals surface area (Å²) in [5.74, 6) is -0.0242. The van der Waals surface area contributed by atoms with Crippen LogP contribution in [0.5, 0.6) is 0 Å². The fraction of sp³-hybridized carbons (Fsp3) is 0.235. The molecule has 0 radical (unpaired) electrons. The molecule has 1 aliphatic heterocycles. The Balaban J connectivity index is 1.74. The Bertz CT molecular complexity index is 759. The molecule has 0 atom stereocenters. The van der Waals surface area contributed by atoms with Gasteiger partial charge in [-0.3, -0.25) is 14.9 Å². The molecule has 0 bridgehead atoms. The van der Waals surface area contributed by atoms with Crippen LogP contribution in [0, 0.1) is 10.1 Å². The Morgan fingerprint density at radius 3 is 2.29 bits per heavy atom. The summed E-state index contributed by atoms with van der Waals surface area (Å²) >= 11 is 6.17. The van der Waals surface area contributed by atoms with Crippen LogP contribution in [-0.2, 0) is 0 Å². The zero-order valence-electron chi connectivity index (χ0n) is 12.9. The molecule has 0 N–H and O–H groups in total. The number of carbonyl (C=O) groups is 1. The first-order valence-electron chi connectivity index (χ1n) is 7.60. The first-order valence-corrected chi connectivity index (χ1v) is 7.98. The van der Waals surface area contributed by atoms with Crippen molar-refractivity contribution >= 4 is 28.9 Å². The van der Waals surface area contributed by atoms with Crippen LogP contribution in [0.25, 0.3) is 0 Å². The van der Waals surface area contributed by atoms with Crippen molar-refractivity contribution in [3.63, 3.8) is 0 Å². The highest BCUT2D eigenvalue weighted by Gasteiger charge is 2.27. The first kappa shape index (κ1) is 16.3. The first-order chi connectivity index (χ1) is 11.6. The van der Waals surface area contributed by atoms with Crippen molar-refractivity contribution in [2.45, 2.75) is 0 Å². The Hall–Kier alpha value is -2.60. The number of hydrogen-bond donors (Lipinski definition) is 0. The van der Waals surface area contributed by atoms with Gasteiger partial charge in [0.15, 0.2) is 0 Å². The molecule has 2 aromatic rings. The number of rotatable bonds is 3. The number of carbonyl (C=O) groups excluding carboxylic acids is 1. The summed E-state index contributed by atoms with van der Waals surface area (Å²) < 4.78 is 0. The SMILES string of the molecule is O=C(c1ccccc1)N1CCN(c2c(Cl)cccc2[N+](=O)[O-])CC1. The molecule has 24 heavy (non-hydrogen) atoms. The lowest BCUT2D eigenvalue weighted by molar-refractivity contribution is -0.384. The maximum absolute atomic E-state index is 12.5. The second-order valence-corrected chi connectivity index (χ2v) is 5.92. The molecule has 0 unspecified atom stereocenters. The minimum absolute atomic E-state index is 0.00895. The molecular formula is C17H16ClN3O3. The van der Waals surface area contributed by atoms with Gasteiger partial charge in [-0.15, -0.1) is 0 Å². The van der Waals surface area contributed by atoms with Crippen LogP contribution in [0.4, 0.5) is 11.4 Å². The topological polar surface area (TPSA) is 66.7 Å². The number of hydrogen-bond acceptors (Lipinski definition) is 4. The van der Waals surface area contributed by atoms with Gasteiger partial charge in [0.2, 0.25) is 0 Å². The second kappa shape index (κ2) is 6.88. The Labute approximate surface area is 144 Å². The lowest BCUT2D eigenvalue weighted by Gasteiger charge is -2.36. The number of halogens is 1. The van der Waals surface area contributed by atoms with Crippen molar-refractivity contribution in [1.82, 2.24) is 4.90 Å². The van der Waals surface area contributed by atoms with Gasteiger partial charge in [0, 0.05) is 37.8 Å². The highest BCUT2D eigenvalue weighted by atomic mass is 35.5. The van der Waals surface area contributed by atoms with Gasteiger partial charge in [-0.1, -0.05) is 35.9 Å². The van der Waals surface area contributed by atoms with Gasteiger partial charge >= 0.3 is 0 Å². The number of nitrogens with zero attached hydrogens (tertiary/aromatic N) is 3. The van der Waals surface area contributed by atoms with E-state index in [1.54, 1.807) is 29.2 Å². The van der Waals surface area contributed by atoms with E-state index < -0.39 is 4.92 Å². The van der Waals surface area contributed by atoms with E-state index in [9.17, 15) is 14.9 Å². The van der Waals surface area contributed by atoms with Crippen LogP contribution < -0.4 is 4.90 Å². The van der Waals surface area contributed by atoms with E-state index >= 15 is 0 Å². The van der Waals surface area contributed by atoms with Crippen molar-refractivity contribution in [3.8, 4) is 0 Å². The number of benzene rings is 2. The zero-order chi connectivity index (χ0) is 17.1. The standard InChI is InChI=1S/C17H16ClN3O3/c18-14-7-4-8-15(21(23)24)16(14)19-9-11-20(12-10-19)17(22)13-5-2-1-3-6-13/h1-8H,9-12H2. The van der Waals surface area contributed by atoms with E-state index in [-0.39, 0.29) is 11.6 Å². The number of nitro groups is 1. The van der Waals surface area contributed by atoms with Crippen LogP contribution in [-0.4, -0.2) is 41.9 Å². The van der Waals surface area contributed by atoms with Crippen molar-refractivity contribution < 1.29 is 9.72 Å². The molecule has 1 aliphatic rings. The summed E-state index contributed by atoms with van der Waals surface area (Å²) in [5, 5.41) is 11.6. The molecule has 2 aromatic carbocycles. The molecule has 124 valence electrons. The fourth-order valence-electron chi connectivity index (χ4n) is 2.86. The molecule has 1 heterocycles. The van der Waals surface area contributed by atoms with Crippen molar-refractivity contribution in [3.05, 3.63) is 69.2 Å². The third-order valence-corrected chi connectivity index (χ3v) is 4.37. The number of nitro benzene ring substituents is 1. The Morgan fingerprint density at radius 2 is 1.67 bits per heavy atom. The highest BCUT2D eigenvalue weighted by molar-refractivity contribution is 6.33. The van der Waals surface area contributed by atoms with Crippen LogP contribution >= 0.6 is 11.6 Å². The predicted molar refractivity (Wildman–Crippen MR) is 92.7 cm³/mol. The van der Waals surface area contributed by atoms with E-state index in [0.29, 0.717) is 42.5 Å². The van der Waals surface area contributed by atoms with Crippen LogP contribution in [0.2, 0.25) is 5.02 Å². The molecule has 0 aromatic heterocycles. The van der Waals surface area contributed by atoms with E-state index in [0.717, 1.165) is 0 Å². The normalized spacial score (nSPS) is 14.5. The van der Waals surface area contributed by atoms with Crippen molar-refractivity contribution in [2.24, 2.45) is 0 Å². The largest absolute Gasteiger partial charge is 0.361 e. The Kier molecular flexibility index (Phi) is 4.66. The number of anilines is 1. The zero-order valence-corrected chi connectivity index (χ0v) is 13.6. The Morgan fingerprint density at radius 1 is 1.00 bits per heavy atom. The van der Waals surface area contributed by atoms with E-state index in [4.69, 9.17) is 11.6 Å². The molecule has 1 saturated heterocycles. The molecule has 1 fully saturated rings. The van der Waals surface area contributed by atoms with E-state index in [1.807, 2.05) is 23.1 Å². The second-order valence-electron chi connectivity index (χ2n) is 5.51. The van der Waals surface area contributed by atoms with Gasteiger partial charge in [0.05, 0.1) is 9.95 Å². The summed E-state index contributed by atoms with van der Waals surface area (Å²) in [6.07, 6.45) is 0. The summed E-state index contributed by atoms with van der Waals surface area (Å²) in [4.78, 5) is 26.9. The van der Waals surface area contributed by atoms with Crippen LogP contribution in [0.3, 0.4) is 0 Å². The molecule has 0 aliphatic carbocycles.